The van der Waals surface area contributed by atoms with Gasteiger partial charge >= 0.3 is 6.09 Å². The van der Waals surface area contributed by atoms with Crippen LogP contribution < -0.4 is 14.2 Å². The fourth-order valence-electron chi connectivity index (χ4n) is 5.28. The number of hydrogen-bond donors (Lipinski definition) is 0. The van der Waals surface area contributed by atoms with Crippen LogP contribution in [0.15, 0.2) is 47.5 Å². The van der Waals surface area contributed by atoms with E-state index in [0.717, 1.165) is 66.0 Å². The van der Waals surface area contributed by atoms with Gasteiger partial charge in [-0.15, -0.1) is 4.43 Å². The summed E-state index contributed by atoms with van der Waals surface area (Å²) in [4.78, 5) is 24.2. The first-order chi connectivity index (χ1) is 18.3. The third kappa shape index (κ3) is 5.91. The lowest BCUT2D eigenvalue weighted by molar-refractivity contribution is 0.00810. The molecule has 1 aliphatic heterocycles. The molecule has 0 N–H and O–H groups in total. The maximum absolute atomic E-state index is 12.5. The van der Waals surface area contributed by atoms with Gasteiger partial charge in [0.05, 0.1) is 4.90 Å². The van der Waals surface area contributed by atoms with Gasteiger partial charge in [0.25, 0.3) is 0 Å². The molecular weight excluding hydrogens is 529 g/mol. The van der Waals surface area contributed by atoms with Crippen molar-refractivity contribution in [2.75, 3.05) is 49.3 Å². The average molecular weight is 566 g/mol. The zero-order valence-electron chi connectivity index (χ0n) is 23.3. The second-order valence-corrected chi connectivity index (χ2v) is 14.3. The van der Waals surface area contributed by atoms with Crippen LogP contribution in [0.4, 0.5) is 16.3 Å². The molecule has 0 bridgehead atoms. The molecule has 0 atom stereocenters. The Balaban J connectivity index is 1.25. The van der Waals surface area contributed by atoms with E-state index < -0.39 is 15.4 Å². The van der Waals surface area contributed by atoms with Gasteiger partial charge in [-0.2, -0.15) is 0 Å². The summed E-state index contributed by atoms with van der Waals surface area (Å²) in [5, 5.41) is 1.12. The van der Waals surface area contributed by atoms with Gasteiger partial charge < -0.3 is 24.0 Å². The highest BCUT2D eigenvalue weighted by Gasteiger charge is 2.37. The van der Waals surface area contributed by atoms with Crippen LogP contribution in [-0.2, 0) is 14.6 Å². The minimum absolute atomic E-state index is 0.151. The Morgan fingerprint density at radius 3 is 2.23 bits per heavy atom. The molecule has 1 saturated carbocycles. The number of piperazine rings is 1. The molecule has 1 amide bonds. The van der Waals surface area contributed by atoms with E-state index in [-0.39, 0.29) is 18.2 Å². The van der Waals surface area contributed by atoms with Crippen LogP contribution in [0.1, 0.15) is 39.7 Å². The third-order valence-electron chi connectivity index (χ3n) is 7.64. The van der Waals surface area contributed by atoms with Gasteiger partial charge in [-0.1, -0.05) is 0 Å². The van der Waals surface area contributed by atoms with Crippen molar-refractivity contribution in [1.82, 2.24) is 14.5 Å². The smallest absolute Gasteiger partial charge is 0.410 e. The molecule has 2 fully saturated rings. The standard InChI is InChI=1S/C28H36N5O4S.Al/c1-28(2,3)37-27(34)30(4)22-18-23(19-22)33-13-12-20-6-11-25(29-26(20)33)32-16-14-31(15-17-32)21-7-9-24(10-8-21)38(5,35)36;/h6-11,13,22-23H,14-19H2,1-5H3;. The minimum atomic E-state index is -3.20. The lowest BCUT2D eigenvalue weighted by atomic mass is 9.85. The summed E-state index contributed by atoms with van der Waals surface area (Å²) in [6.07, 6.45) is 4.84. The lowest BCUT2D eigenvalue weighted by Gasteiger charge is -2.42. The SMILES string of the molecule is CN(C(=O)OC(C)(C)C)C1CC(n2c[c]([Al])c3ccc(N4CCN(c5ccc(S(C)(=O)=O)cc5)CC4)nc32)C1. The molecule has 1 aliphatic carbocycles. The molecule has 5 rings (SSSR count). The monoisotopic (exact) mass is 565 g/mol. The van der Waals surface area contributed by atoms with E-state index in [0.29, 0.717) is 4.90 Å². The largest absolute Gasteiger partial charge is 0.444 e. The molecule has 1 saturated heterocycles. The van der Waals surface area contributed by atoms with E-state index in [2.05, 4.69) is 49.0 Å². The highest BCUT2D eigenvalue weighted by Crippen LogP contribution is 2.38. The number of rotatable bonds is 5. The van der Waals surface area contributed by atoms with Gasteiger partial charge in [0.2, 0.25) is 0 Å². The first-order valence-electron chi connectivity index (χ1n) is 13.3. The molecule has 3 heterocycles. The summed E-state index contributed by atoms with van der Waals surface area (Å²) in [6.45, 7) is 8.96. The molecule has 11 heteroatoms. The van der Waals surface area contributed by atoms with Crippen molar-refractivity contribution >= 4 is 59.2 Å². The number of ether oxygens (including phenoxy) is 1. The van der Waals surface area contributed by atoms with Crippen LogP contribution >= 0.6 is 0 Å². The number of carbonyl (C=O) groups excluding carboxylic acids is 1. The van der Waals surface area contributed by atoms with E-state index in [1.807, 2.05) is 40.0 Å². The van der Waals surface area contributed by atoms with Crippen LogP contribution in [-0.4, -0.2) is 96.4 Å². The molecule has 2 aliphatic rings. The Morgan fingerprint density at radius 1 is 1.03 bits per heavy atom. The van der Waals surface area contributed by atoms with E-state index >= 15 is 0 Å². The quantitative estimate of drug-likeness (QED) is 0.440. The van der Waals surface area contributed by atoms with E-state index in [9.17, 15) is 13.2 Å². The summed E-state index contributed by atoms with van der Waals surface area (Å²) in [6, 6.07) is 11.8. The molecule has 1 aromatic carbocycles. The van der Waals surface area contributed by atoms with Gasteiger partial charge in [-0.25, -0.2) is 18.2 Å². The molecule has 0 spiro atoms. The lowest BCUT2D eigenvalue weighted by Crippen LogP contribution is -2.47. The van der Waals surface area contributed by atoms with Crippen molar-refractivity contribution in [2.45, 2.75) is 56.2 Å². The van der Waals surface area contributed by atoms with Gasteiger partial charge in [0, 0.05) is 62.6 Å². The summed E-state index contributed by atoms with van der Waals surface area (Å²) in [5.74, 6) is 0.959. The van der Waals surface area contributed by atoms with E-state index in [1.165, 1.54) is 6.26 Å². The number of sulfone groups is 1. The normalized spacial score (nSPS) is 20.1. The zero-order valence-corrected chi connectivity index (χ0v) is 25.3. The number of nitrogens with zero attached hydrogens (tertiary/aromatic N) is 5. The molecule has 2 radical (unpaired) electrons. The van der Waals surface area contributed by atoms with Crippen molar-refractivity contribution in [3.8, 4) is 0 Å². The number of carbonyl (C=O) groups is 1. The molecule has 0 unspecified atom stereocenters. The molecule has 206 valence electrons. The minimum Gasteiger partial charge on any atom is -0.444 e. The fraction of sp³-hybridized carbons (Fsp3) is 0.500. The van der Waals surface area contributed by atoms with Crippen LogP contribution in [0.5, 0.6) is 0 Å². The van der Waals surface area contributed by atoms with Gasteiger partial charge in [-0.3, -0.25) is 0 Å². The second kappa shape index (κ2) is 10.3. The number of fused-ring (bicyclic) bond motifs is 1. The number of amides is 1. The number of anilines is 2. The van der Waals surface area contributed by atoms with Crippen molar-refractivity contribution < 1.29 is 17.9 Å². The first kappa shape index (κ1) is 27.8. The summed E-state index contributed by atoms with van der Waals surface area (Å²) in [7, 11) is -1.38. The van der Waals surface area contributed by atoms with Gasteiger partial charge in [-0.05, 0) is 76.2 Å². The van der Waals surface area contributed by atoms with Crippen molar-refractivity contribution in [1.29, 1.82) is 0 Å². The van der Waals surface area contributed by atoms with Gasteiger partial charge in [0.1, 0.15) is 17.1 Å². The predicted octanol–water partition coefficient (Wildman–Crippen LogP) is 3.13. The predicted molar refractivity (Wildman–Crippen MR) is 155 cm³/mol. The zero-order chi connectivity index (χ0) is 28.1. The molecule has 3 aromatic rings. The highest BCUT2D eigenvalue weighted by molar-refractivity contribution is 7.90. The van der Waals surface area contributed by atoms with E-state index in [1.54, 1.807) is 17.0 Å². The summed E-state index contributed by atoms with van der Waals surface area (Å²) < 4.78 is 32.5. The summed E-state index contributed by atoms with van der Waals surface area (Å²) in [5.41, 5.74) is 1.50. The van der Waals surface area contributed by atoms with Crippen LogP contribution in [0.2, 0.25) is 0 Å². The number of pyridine rings is 1. The Hall–Kier alpha value is -2.74. The Kier molecular flexibility index (Phi) is 7.38. The highest BCUT2D eigenvalue weighted by atomic mass is 32.2. The fourth-order valence-corrected chi connectivity index (χ4v) is 6.30. The maximum atomic E-state index is 12.5. The average Bonchev–Trinajstić information content (AvgIpc) is 3.17. The Morgan fingerprint density at radius 2 is 1.64 bits per heavy atom. The van der Waals surface area contributed by atoms with Crippen LogP contribution in [0, 0.1) is 0 Å². The number of aromatic nitrogens is 2. The van der Waals surface area contributed by atoms with Crippen molar-refractivity contribution in [2.24, 2.45) is 0 Å². The number of benzene rings is 1. The van der Waals surface area contributed by atoms with Crippen LogP contribution in [0.3, 0.4) is 0 Å². The molecule has 9 nitrogen and oxygen atoms in total. The molecular formula is C28H36AlN5O4S. The Bertz CT molecular complexity index is 1470. The van der Waals surface area contributed by atoms with E-state index in [4.69, 9.17) is 9.72 Å². The first-order valence-corrected chi connectivity index (χ1v) is 15.8. The topological polar surface area (TPSA) is 88.0 Å². The molecule has 2 aromatic heterocycles. The molecule has 39 heavy (non-hydrogen) atoms. The van der Waals surface area contributed by atoms with Gasteiger partial charge in [0.15, 0.2) is 26.1 Å². The number of hydrogen-bond acceptors (Lipinski definition) is 7. The van der Waals surface area contributed by atoms with Crippen molar-refractivity contribution in [3.05, 3.63) is 42.6 Å². The van der Waals surface area contributed by atoms with Crippen LogP contribution in [0.25, 0.3) is 11.0 Å². The third-order valence-corrected chi connectivity index (χ3v) is 9.23. The van der Waals surface area contributed by atoms with Crippen molar-refractivity contribution in [3.63, 3.8) is 0 Å². The second-order valence-electron chi connectivity index (χ2n) is 11.6. The summed E-state index contributed by atoms with van der Waals surface area (Å²) >= 11 is 2.83. The maximum Gasteiger partial charge on any atom is 0.410 e. The Labute approximate surface area is 239 Å².